The Kier molecular flexibility index (Phi) is 4.86. The SMILES string of the molecule is Cc1ccc(N2CCc3cc(C)c(Cc4ccc(-n5cccn5)cc4)cc3C2=O)nc1. The number of fused-ring (bicyclic) bond motifs is 1. The molecule has 5 heteroatoms. The van der Waals surface area contributed by atoms with Gasteiger partial charge in [0.15, 0.2) is 0 Å². The Balaban J connectivity index is 1.41. The van der Waals surface area contributed by atoms with Crippen LogP contribution in [0.15, 0.2) is 73.2 Å². The molecule has 0 unspecified atom stereocenters. The molecule has 3 heterocycles. The minimum absolute atomic E-state index is 0.0351. The second-order valence-corrected chi connectivity index (χ2v) is 8.13. The molecule has 31 heavy (non-hydrogen) atoms. The summed E-state index contributed by atoms with van der Waals surface area (Å²) in [6.07, 6.45) is 7.15. The maximum Gasteiger partial charge on any atom is 0.259 e. The normalized spacial score (nSPS) is 13.4. The molecular weight excluding hydrogens is 384 g/mol. The van der Waals surface area contributed by atoms with E-state index in [-0.39, 0.29) is 5.91 Å². The summed E-state index contributed by atoms with van der Waals surface area (Å²) >= 11 is 0. The molecule has 1 aliphatic heterocycles. The van der Waals surface area contributed by atoms with Crippen molar-refractivity contribution in [2.45, 2.75) is 26.7 Å². The van der Waals surface area contributed by atoms with Crippen molar-refractivity contribution < 1.29 is 4.79 Å². The first-order valence-corrected chi connectivity index (χ1v) is 10.5. The highest BCUT2D eigenvalue weighted by Crippen LogP contribution is 2.27. The van der Waals surface area contributed by atoms with Gasteiger partial charge in [0.1, 0.15) is 5.82 Å². The molecular formula is C26H24N4O. The van der Waals surface area contributed by atoms with E-state index in [1.807, 2.05) is 42.2 Å². The zero-order chi connectivity index (χ0) is 21.4. The van der Waals surface area contributed by atoms with Crippen LogP contribution in [-0.2, 0) is 12.8 Å². The summed E-state index contributed by atoms with van der Waals surface area (Å²) in [6, 6.07) is 18.5. The van der Waals surface area contributed by atoms with E-state index in [2.05, 4.69) is 53.4 Å². The molecule has 5 nitrogen and oxygen atoms in total. The Labute approximate surface area is 182 Å². The summed E-state index contributed by atoms with van der Waals surface area (Å²) in [5.41, 5.74) is 7.66. The first kappa shape index (κ1) is 19.2. The van der Waals surface area contributed by atoms with Crippen LogP contribution in [0.5, 0.6) is 0 Å². The van der Waals surface area contributed by atoms with Gasteiger partial charge in [-0.2, -0.15) is 5.10 Å². The van der Waals surface area contributed by atoms with Gasteiger partial charge in [0.05, 0.1) is 5.69 Å². The van der Waals surface area contributed by atoms with Gasteiger partial charge in [0.25, 0.3) is 5.91 Å². The maximum absolute atomic E-state index is 13.3. The molecule has 1 aliphatic rings. The van der Waals surface area contributed by atoms with E-state index in [0.717, 1.165) is 41.0 Å². The quantitative estimate of drug-likeness (QED) is 0.493. The molecule has 0 spiro atoms. The number of hydrogen-bond donors (Lipinski definition) is 0. The Morgan fingerprint density at radius 2 is 1.87 bits per heavy atom. The predicted molar refractivity (Wildman–Crippen MR) is 122 cm³/mol. The molecule has 5 rings (SSSR count). The zero-order valence-electron chi connectivity index (χ0n) is 17.7. The van der Waals surface area contributed by atoms with Crippen LogP contribution in [0.4, 0.5) is 5.82 Å². The average Bonchev–Trinajstić information content (AvgIpc) is 3.31. The highest BCUT2D eigenvalue weighted by Gasteiger charge is 2.27. The van der Waals surface area contributed by atoms with Crippen LogP contribution in [-0.4, -0.2) is 27.2 Å². The molecule has 4 aromatic rings. The van der Waals surface area contributed by atoms with Gasteiger partial charge in [-0.1, -0.05) is 24.3 Å². The second kappa shape index (κ2) is 7.84. The third-order valence-corrected chi connectivity index (χ3v) is 5.91. The lowest BCUT2D eigenvalue weighted by atomic mass is 9.91. The fraction of sp³-hybridized carbons (Fsp3) is 0.192. The molecule has 0 saturated heterocycles. The molecule has 0 atom stereocenters. The molecule has 2 aromatic carbocycles. The number of rotatable bonds is 4. The van der Waals surface area contributed by atoms with Gasteiger partial charge in [-0.25, -0.2) is 9.67 Å². The number of benzene rings is 2. The van der Waals surface area contributed by atoms with E-state index in [4.69, 9.17) is 0 Å². The first-order chi connectivity index (χ1) is 15.1. The number of hydrogen-bond acceptors (Lipinski definition) is 3. The molecule has 1 amide bonds. The van der Waals surface area contributed by atoms with Crippen molar-refractivity contribution in [1.82, 2.24) is 14.8 Å². The monoisotopic (exact) mass is 408 g/mol. The van der Waals surface area contributed by atoms with Gasteiger partial charge in [-0.05, 0) is 84.8 Å². The van der Waals surface area contributed by atoms with E-state index in [1.165, 1.54) is 16.7 Å². The Morgan fingerprint density at radius 3 is 2.58 bits per heavy atom. The number of carbonyl (C=O) groups is 1. The van der Waals surface area contributed by atoms with Crippen LogP contribution in [0, 0.1) is 13.8 Å². The van der Waals surface area contributed by atoms with Crippen molar-refractivity contribution in [2.24, 2.45) is 0 Å². The van der Waals surface area contributed by atoms with Crippen molar-refractivity contribution in [3.8, 4) is 5.69 Å². The fourth-order valence-electron chi connectivity index (χ4n) is 4.13. The third kappa shape index (κ3) is 3.75. The van der Waals surface area contributed by atoms with Crippen LogP contribution in [0.2, 0.25) is 0 Å². The largest absolute Gasteiger partial charge is 0.292 e. The van der Waals surface area contributed by atoms with Crippen molar-refractivity contribution in [1.29, 1.82) is 0 Å². The average molecular weight is 409 g/mol. The first-order valence-electron chi connectivity index (χ1n) is 10.5. The molecule has 0 bridgehead atoms. The van der Waals surface area contributed by atoms with Crippen LogP contribution >= 0.6 is 0 Å². The van der Waals surface area contributed by atoms with Crippen molar-refractivity contribution in [3.05, 3.63) is 107 Å². The zero-order valence-corrected chi connectivity index (χ0v) is 17.7. The van der Waals surface area contributed by atoms with Gasteiger partial charge in [0.2, 0.25) is 0 Å². The van der Waals surface area contributed by atoms with E-state index in [9.17, 15) is 4.79 Å². The predicted octanol–water partition coefficient (Wildman–Crippen LogP) is 4.68. The number of anilines is 1. The standard InChI is InChI=1S/C26H24N4O/c1-18-4-9-25(27-17-18)29-13-10-21-14-19(2)22(16-24(21)26(29)31)15-20-5-7-23(8-6-20)30-12-3-11-28-30/h3-9,11-12,14,16-17H,10,13,15H2,1-2H3. The van der Waals surface area contributed by atoms with Gasteiger partial charge in [-0.15, -0.1) is 0 Å². The van der Waals surface area contributed by atoms with Crippen molar-refractivity contribution in [3.63, 3.8) is 0 Å². The van der Waals surface area contributed by atoms with Crippen molar-refractivity contribution in [2.75, 3.05) is 11.4 Å². The van der Waals surface area contributed by atoms with Gasteiger partial charge in [-0.3, -0.25) is 9.69 Å². The topological polar surface area (TPSA) is 51.0 Å². The lowest BCUT2D eigenvalue weighted by molar-refractivity contribution is 0.0979. The number of nitrogens with zero attached hydrogens (tertiary/aromatic N) is 4. The summed E-state index contributed by atoms with van der Waals surface area (Å²) in [4.78, 5) is 19.5. The van der Waals surface area contributed by atoms with E-state index in [1.54, 1.807) is 11.1 Å². The number of amides is 1. The third-order valence-electron chi connectivity index (χ3n) is 5.91. The molecule has 0 fully saturated rings. The van der Waals surface area contributed by atoms with Gasteiger partial charge >= 0.3 is 0 Å². The summed E-state index contributed by atoms with van der Waals surface area (Å²) < 4.78 is 1.85. The van der Waals surface area contributed by atoms with Crippen LogP contribution in [0.1, 0.15) is 38.2 Å². The Morgan fingerprint density at radius 1 is 1.03 bits per heavy atom. The number of carbonyl (C=O) groups excluding carboxylic acids is 1. The van der Waals surface area contributed by atoms with Crippen LogP contribution < -0.4 is 4.90 Å². The number of aryl methyl sites for hydroxylation is 2. The summed E-state index contributed by atoms with van der Waals surface area (Å²) in [5.74, 6) is 0.755. The molecule has 0 saturated carbocycles. The highest BCUT2D eigenvalue weighted by molar-refractivity contribution is 6.07. The molecule has 0 aliphatic carbocycles. The minimum Gasteiger partial charge on any atom is -0.292 e. The summed E-state index contributed by atoms with van der Waals surface area (Å²) in [7, 11) is 0. The maximum atomic E-state index is 13.3. The lowest BCUT2D eigenvalue weighted by Gasteiger charge is -2.28. The van der Waals surface area contributed by atoms with E-state index in [0.29, 0.717) is 6.54 Å². The van der Waals surface area contributed by atoms with Gasteiger partial charge < -0.3 is 0 Å². The van der Waals surface area contributed by atoms with Crippen LogP contribution in [0.3, 0.4) is 0 Å². The molecule has 0 N–H and O–H groups in total. The second-order valence-electron chi connectivity index (χ2n) is 8.13. The lowest BCUT2D eigenvalue weighted by Crippen LogP contribution is -2.38. The van der Waals surface area contributed by atoms with E-state index < -0.39 is 0 Å². The van der Waals surface area contributed by atoms with Crippen molar-refractivity contribution >= 4 is 11.7 Å². The number of pyridine rings is 1. The smallest absolute Gasteiger partial charge is 0.259 e. The molecule has 0 radical (unpaired) electrons. The minimum atomic E-state index is 0.0351. The molecule has 2 aromatic heterocycles. The number of aromatic nitrogens is 3. The van der Waals surface area contributed by atoms with Crippen LogP contribution in [0.25, 0.3) is 5.69 Å². The molecule has 154 valence electrons. The Hall–Kier alpha value is -3.73. The van der Waals surface area contributed by atoms with E-state index >= 15 is 0 Å². The van der Waals surface area contributed by atoms with Gasteiger partial charge in [0, 0.05) is 30.7 Å². The Bertz CT molecular complexity index is 1230. The highest BCUT2D eigenvalue weighted by atomic mass is 16.2. The summed E-state index contributed by atoms with van der Waals surface area (Å²) in [5, 5.41) is 4.28. The fourth-order valence-corrected chi connectivity index (χ4v) is 4.13. The summed E-state index contributed by atoms with van der Waals surface area (Å²) in [6.45, 7) is 4.79.